The molecule has 1 aliphatic heterocycles. The van der Waals surface area contributed by atoms with Gasteiger partial charge in [-0.3, -0.25) is 0 Å². The van der Waals surface area contributed by atoms with Gasteiger partial charge in [0, 0.05) is 13.2 Å². The van der Waals surface area contributed by atoms with Crippen LogP contribution >= 0.6 is 0 Å². The van der Waals surface area contributed by atoms with Crippen LogP contribution in [0.2, 0.25) is 0 Å². The lowest BCUT2D eigenvalue weighted by atomic mass is 10.1. The molecule has 0 aromatic heterocycles. The zero-order valence-electron chi connectivity index (χ0n) is 11.5. The lowest BCUT2D eigenvalue weighted by Gasteiger charge is -2.12. The van der Waals surface area contributed by atoms with Crippen molar-refractivity contribution in [3.63, 3.8) is 0 Å². The molecule has 2 atom stereocenters. The molecule has 0 aliphatic carbocycles. The van der Waals surface area contributed by atoms with Crippen LogP contribution in [-0.4, -0.2) is 32.2 Å². The van der Waals surface area contributed by atoms with Crippen molar-refractivity contribution in [1.29, 1.82) is 0 Å². The summed E-state index contributed by atoms with van der Waals surface area (Å²) in [5, 5.41) is 0. The predicted octanol–water partition coefficient (Wildman–Crippen LogP) is 3.52. The van der Waals surface area contributed by atoms with Crippen LogP contribution in [0.4, 0.5) is 0 Å². The second-order valence-corrected chi connectivity index (χ2v) is 4.76. The normalized spacial score (nSPS) is 20.5. The standard InChI is InChI=1S/C14H28O3/c1-3-15-13(2)16-11-9-7-5-4-6-8-10-14-12-17-14/h13-14H,3-12H2,1-2H3. The molecule has 0 amide bonds. The summed E-state index contributed by atoms with van der Waals surface area (Å²) in [5.41, 5.74) is 0. The number of hydrogen-bond acceptors (Lipinski definition) is 3. The molecule has 0 bridgehead atoms. The minimum atomic E-state index is -0.0430. The molecule has 1 saturated heterocycles. The average Bonchev–Trinajstić information content (AvgIpc) is 3.11. The van der Waals surface area contributed by atoms with E-state index < -0.39 is 0 Å². The van der Waals surface area contributed by atoms with E-state index in [9.17, 15) is 0 Å². The van der Waals surface area contributed by atoms with Crippen molar-refractivity contribution < 1.29 is 14.2 Å². The number of epoxide rings is 1. The van der Waals surface area contributed by atoms with E-state index >= 15 is 0 Å². The first-order valence-corrected chi connectivity index (χ1v) is 7.17. The van der Waals surface area contributed by atoms with Crippen LogP contribution in [-0.2, 0) is 14.2 Å². The molecule has 3 heteroatoms. The number of rotatable bonds is 12. The van der Waals surface area contributed by atoms with Gasteiger partial charge in [-0.1, -0.05) is 32.1 Å². The molecule has 0 spiro atoms. The van der Waals surface area contributed by atoms with Gasteiger partial charge in [0.2, 0.25) is 0 Å². The monoisotopic (exact) mass is 244 g/mol. The van der Waals surface area contributed by atoms with Crippen molar-refractivity contribution in [2.24, 2.45) is 0 Å². The molecule has 17 heavy (non-hydrogen) atoms. The molecule has 1 heterocycles. The molecule has 102 valence electrons. The highest BCUT2D eigenvalue weighted by Gasteiger charge is 2.20. The van der Waals surface area contributed by atoms with Crippen LogP contribution < -0.4 is 0 Å². The Kier molecular flexibility index (Phi) is 8.67. The quantitative estimate of drug-likeness (QED) is 0.299. The number of unbranched alkanes of at least 4 members (excludes halogenated alkanes) is 5. The summed E-state index contributed by atoms with van der Waals surface area (Å²) in [6.07, 6.45) is 9.66. The second kappa shape index (κ2) is 9.86. The molecular weight excluding hydrogens is 216 g/mol. The van der Waals surface area contributed by atoms with E-state index in [0.29, 0.717) is 6.10 Å². The number of hydrogen-bond donors (Lipinski definition) is 0. The second-order valence-electron chi connectivity index (χ2n) is 4.76. The Hall–Kier alpha value is -0.120. The third kappa shape index (κ3) is 9.57. The predicted molar refractivity (Wildman–Crippen MR) is 69.1 cm³/mol. The maximum atomic E-state index is 5.51. The van der Waals surface area contributed by atoms with Gasteiger partial charge < -0.3 is 14.2 Å². The third-order valence-corrected chi connectivity index (χ3v) is 3.08. The molecule has 0 aromatic carbocycles. The van der Waals surface area contributed by atoms with Crippen molar-refractivity contribution in [2.75, 3.05) is 19.8 Å². The Morgan fingerprint density at radius 2 is 1.71 bits per heavy atom. The van der Waals surface area contributed by atoms with E-state index in [1.54, 1.807) is 0 Å². The topological polar surface area (TPSA) is 31.0 Å². The van der Waals surface area contributed by atoms with Gasteiger partial charge in [-0.25, -0.2) is 0 Å². The minimum absolute atomic E-state index is 0.0430. The molecule has 0 aromatic rings. The highest BCUT2D eigenvalue weighted by molar-refractivity contribution is 4.68. The molecule has 0 radical (unpaired) electrons. The summed E-state index contributed by atoms with van der Waals surface area (Å²) >= 11 is 0. The van der Waals surface area contributed by atoms with Crippen LogP contribution in [0.25, 0.3) is 0 Å². The maximum Gasteiger partial charge on any atom is 0.154 e. The largest absolute Gasteiger partial charge is 0.373 e. The first-order chi connectivity index (χ1) is 8.33. The molecule has 1 fully saturated rings. The van der Waals surface area contributed by atoms with Crippen LogP contribution in [0.1, 0.15) is 58.8 Å². The number of ether oxygens (including phenoxy) is 3. The van der Waals surface area contributed by atoms with Gasteiger partial charge >= 0.3 is 0 Å². The van der Waals surface area contributed by atoms with Gasteiger partial charge in [-0.15, -0.1) is 0 Å². The van der Waals surface area contributed by atoms with E-state index in [4.69, 9.17) is 14.2 Å². The lowest BCUT2D eigenvalue weighted by Crippen LogP contribution is -2.13. The average molecular weight is 244 g/mol. The Labute approximate surface area is 106 Å². The van der Waals surface area contributed by atoms with Crippen LogP contribution in [0, 0.1) is 0 Å². The summed E-state index contributed by atoms with van der Waals surface area (Å²) in [4.78, 5) is 0. The summed E-state index contributed by atoms with van der Waals surface area (Å²) in [6, 6.07) is 0. The highest BCUT2D eigenvalue weighted by Crippen LogP contribution is 2.18. The van der Waals surface area contributed by atoms with Crippen LogP contribution in [0.15, 0.2) is 0 Å². The van der Waals surface area contributed by atoms with Gasteiger partial charge in [0.1, 0.15) is 0 Å². The van der Waals surface area contributed by atoms with E-state index in [2.05, 4.69) is 0 Å². The van der Waals surface area contributed by atoms with E-state index in [0.717, 1.165) is 26.2 Å². The van der Waals surface area contributed by atoms with Gasteiger partial charge in [0.15, 0.2) is 6.29 Å². The molecule has 1 aliphatic rings. The van der Waals surface area contributed by atoms with E-state index in [1.165, 1.54) is 38.5 Å². The fourth-order valence-corrected chi connectivity index (χ4v) is 1.95. The molecule has 0 N–H and O–H groups in total. The van der Waals surface area contributed by atoms with Gasteiger partial charge in [-0.2, -0.15) is 0 Å². The third-order valence-electron chi connectivity index (χ3n) is 3.08. The van der Waals surface area contributed by atoms with Crippen molar-refractivity contribution in [2.45, 2.75) is 71.2 Å². The minimum Gasteiger partial charge on any atom is -0.373 e. The van der Waals surface area contributed by atoms with Gasteiger partial charge in [0.25, 0.3) is 0 Å². The first kappa shape index (κ1) is 14.9. The van der Waals surface area contributed by atoms with Crippen molar-refractivity contribution in [3.05, 3.63) is 0 Å². The Balaban J connectivity index is 1.68. The summed E-state index contributed by atoms with van der Waals surface area (Å²) in [7, 11) is 0. The van der Waals surface area contributed by atoms with E-state index in [-0.39, 0.29) is 6.29 Å². The fourth-order valence-electron chi connectivity index (χ4n) is 1.95. The summed E-state index contributed by atoms with van der Waals surface area (Å²) < 4.78 is 16.0. The SMILES string of the molecule is CCOC(C)OCCCCCCCCC1CO1. The summed E-state index contributed by atoms with van der Waals surface area (Å²) in [5.74, 6) is 0. The molecule has 0 saturated carbocycles. The first-order valence-electron chi connectivity index (χ1n) is 7.17. The zero-order valence-corrected chi connectivity index (χ0v) is 11.5. The van der Waals surface area contributed by atoms with Crippen molar-refractivity contribution >= 4 is 0 Å². The summed E-state index contributed by atoms with van der Waals surface area (Å²) in [6.45, 7) is 6.52. The lowest BCUT2D eigenvalue weighted by molar-refractivity contribution is -0.127. The van der Waals surface area contributed by atoms with E-state index in [1.807, 2.05) is 13.8 Å². The Morgan fingerprint density at radius 3 is 2.35 bits per heavy atom. The van der Waals surface area contributed by atoms with Gasteiger partial charge in [-0.05, 0) is 26.7 Å². The zero-order chi connectivity index (χ0) is 12.3. The highest BCUT2D eigenvalue weighted by atomic mass is 16.7. The smallest absolute Gasteiger partial charge is 0.154 e. The Bertz CT molecular complexity index is 169. The van der Waals surface area contributed by atoms with Crippen molar-refractivity contribution in [1.82, 2.24) is 0 Å². The molecule has 3 nitrogen and oxygen atoms in total. The Morgan fingerprint density at radius 1 is 1.06 bits per heavy atom. The van der Waals surface area contributed by atoms with Crippen LogP contribution in [0.5, 0.6) is 0 Å². The molecular formula is C14H28O3. The van der Waals surface area contributed by atoms with Crippen molar-refractivity contribution in [3.8, 4) is 0 Å². The van der Waals surface area contributed by atoms with Gasteiger partial charge in [0.05, 0.1) is 12.7 Å². The molecule has 1 rings (SSSR count). The molecule has 2 unspecified atom stereocenters. The maximum absolute atomic E-state index is 5.51. The fraction of sp³-hybridized carbons (Fsp3) is 1.00. The van der Waals surface area contributed by atoms with Crippen LogP contribution in [0.3, 0.4) is 0 Å².